The maximum atomic E-state index is 12.8. The first-order valence-corrected chi connectivity index (χ1v) is 3.60. The van der Waals surface area contributed by atoms with E-state index in [2.05, 4.69) is 6.92 Å². The highest BCUT2D eigenvalue weighted by molar-refractivity contribution is 4.82. The van der Waals surface area contributed by atoms with Crippen LogP contribution in [-0.4, -0.2) is 12.7 Å². The van der Waals surface area contributed by atoms with Crippen molar-refractivity contribution in [3.8, 4) is 0 Å². The van der Waals surface area contributed by atoms with Gasteiger partial charge in [0, 0.05) is 5.92 Å². The SMILES string of the molecule is C[C@@H]1CC[C@@H](F)[C@H]1CN. The lowest BCUT2D eigenvalue weighted by Gasteiger charge is -2.13. The molecule has 0 saturated heterocycles. The highest BCUT2D eigenvalue weighted by Crippen LogP contribution is 2.32. The molecule has 1 aliphatic rings. The molecule has 2 N–H and O–H groups in total. The number of hydrogen-bond acceptors (Lipinski definition) is 1. The molecule has 1 nitrogen and oxygen atoms in total. The van der Waals surface area contributed by atoms with E-state index < -0.39 is 6.17 Å². The molecule has 0 spiro atoms. The fraction of sp³-hybridized carbons (Fsp3) is 1.00. The van der Waals surface area contributed by atoms with Crippen LogP contribution in [0.15, 0.2) is 0 Å². The van der Waals surface area contributed by atoms with Crippen molar-refractivity contribution in [3.05, 3.63) is 0 Å². The van der Waals surface area contributed by atoms with Crippen molar-refractivity contribution >= 4 is 0 Å². The van der Waals surface area contributed by atoms with Crippen molar-refractivity contribution in [2.24, 2.45) is 17.6 Å². The summed E-state index contributed by atoms with van der Waals surface area (Å²) in [6.07, 6.45) is 1.12. The van der Waals surface area contributed by atoms with E-state index in [4.69, 9.17) is 5.73 Å². The Labute approximate surface area is 55.4 Å². The Bertz CT molecular complexity index is 84.9. The third kappa shape index (κ3) is 1.23. The van der Waals surface area contributed by atoms with Gasteiger partial charge in [-0.2, -0.15) is 0 Å². The molecular formula is C7H14FN. The summed E-state index contributed by atoms with van der Waals surface area (Å²) in [7, 11) is 0. The summed E-state index contributed by atoms with van der Waals surface area (Å²) in [6, 6.07) is 0. The first-order chi connectivity index (χ1) is 4.25. The van der Waals surface area contributed by atoms with Gasteiger partial charge in [0.1, 0.15) is 6.17 Å². The summed E-state index contributed by atoms with van der Waals surface area (Å²) in [5.74, 6) is 0.648. The van der Waals surface area contributed by atoms with Crippen LogP contribution >= 0.6 is 0 Å². The standard InChI is InChI=1S/C7H14FN/c1-5-2-3-7(8)6(5)4-9/h5-7H,2-4,9H2,1H3/t5-,6+,7-/m1/s1. The van der Waals surface area contributed by atoms with Crippen LogP contribution in [0.25, 0.3) is 0 Å². The Morgan fingerprint density at radius 1 is 1.56 bits per heavy atom. The van der Waals surface area contributed by atoms with E-state index in [1.807, 2.05) is 0 Å². The maximum absolute atomic E-state index is 12.8. The van der Waals surface area contributed by atoms with E-state index in [9.17, 15) is 4.39 Å². The lowest BCUT2D eigenvalue weighted by molar-refractivity contribution is 0.242. The fourth-order valence-electron chi connectivity index (χ4n) is 1.59. The summed E-state index contributed by atoms with van der Waals surface area (Å²) in [5.41, 5.74) is 5.37. The average Bonchev–Trinajstić information content (AvgIpc) is 2.12. The summed E-state index contributed by atoms with van der Waals surface area (Å²) in [5, 5.41) is 0. The zero-order chi connectivity index (χ0) is 6.85. The van der Waals surface area contributed by atoms with E-state index in [-0.39, 0.29) is 5.92 Å². The minimum Gasteiger partial charge on any atom is -0.330 e. The normalized spacial score (nSPS) is 43.7. The van der Waals surface area contributed by atoms with E-state index >= 15 is 0 Å². The predicted molar refractivity (Wildman–Crippen MR) is 35.8 cm³/mol. The Morgan fingerprint density at radius 2 is 2.22 bits per heavy atom. The molecule has 0 aliphatic heterocycles. The lowest BCUT2D eigenvalue weighted by atomic mass is 9.98. The first kappa shape index (κ1) is 7.00. The van der Waals surface area contributed by atoms with Gasteiger partial charge in [-0.25, -0.2) is 4.39 Å². The van der Waals surface area contributed by atoms with Crippen LogP contribution in [0.3, 0.4) is 0 Å². The molecule has 3 atom stereocenters. The number of rotatable bonds is 1. The highest BCUT2D eigenvalue weighted by atomic mass is 19.1. The van der Waals surface area contributed by atoms with Crippen molar-refractivity contribution < 1.29 is 4.39 Å². The van der Waals surface area contributed by atoms with Gasteiger partial charge in [0.25, 0.3) is 0 Å². The molecule has 2 heteroatoms. The van der Waals surface area contributed by atoms with Gasteiger partial charge in [0.15, 0.2) is 0 Å². The van der Waals surface area contributed by atoms with Gasteiger partial charge in [-0.1, -0.05) is 6.92 Å². The van der Waals surface area contributed by atoms with Gasteiger partial charge in [-0.05, 0) is 25.3 Å². The van der Waals surface area contributed by atoms with E-state index in [0.29, 0.717) is 12.5 Å². The molecule has 0 bridgehead atoms. The van der Waals surface area contributed by atoms with Crippen LogP contribution < -0.4 is 5.73 Å². The van der Waals surface area contributed by atoms with E-state index in [0.717, 1.165) is 12.8 Å². The summed E-state index contributed by atoms with van der Waals surface area (Å²) >= 11 is 0. The van der Waals surface area contributed by atoms with Gasteiger partial charge in [0.2, 0.25) is 0 Å². The average molecular weight is 131 g/mol. The lowest BCUT2D eigenvalue weighted by Crippen LogP contribution is -2.23. The predicted octanol–water partition coefficient (Wildman–Crippen LogP) is 1.33. The molecule has 1 saturated carbocycles. The summed E-state index contributed by atoms with van der Waals surface area (Å²) in [4.78, 5) is 0. The fourth-order valence-corrected chi connectivity index (χ4v) is 1.59. The quantitative estimate of drug-likeness (QED) is 0.570. The van der Waals surface area contributed by atoms with Crippen LogP contribution in [0.2, 0.25) is 0 Å². The van der Waals surface area contributed by atoms with Crippen LogP contribution in [0.4, 0.5) is 4.39 Å². The molecule has 0 amide bonds. The number of halogens is 1. The Morgan fingerprint density at radius 3 is 2.44 bits per heavy atom. The molecule has 9 heavy (non-hydrogen) atoms. The monoisotopic (exact) mass is 131 g/mol. The highest BCUT2D eigenvalue weighted by Gasteiger charge is 2.31. The third-order valence-electron chi connectivity index (χ3n) is 2.37. The van der Waals surface area contributed by atoms with Gasteiger partial charge in [-0.15, -0.1) is 0 Å². The molecule has 1 fully saturated rings. The van der Waals surface area contributed by atoms with Crippen molar-refractivity contribution in [1.29, 1.82) is 0 Å². The van der Waals surface area contributed by atoms with E-state index in [1.165, 1.54) is 0 Å². The van der Waals surface area contributed by atoms with Crippen molar-refractivity contribution in [1.82, 2.24) is 0 Å². The largest absolute Gasteiger partial charge is 0.330 e. The Hall–Kier alpha value is -0.110. The number of hydrogen-bond donors (Lipinski definition) is 1. The number of alkyl halides is 1. The van der Waals surface area contributed by atoms with Crippen LogP contribution in [0, 0.1) is 11.8 Å². The zero-order valence-electron chi connectivity index (χ0n) is 5.81. The third-order valence-corrected chi connectivity index (χ3v) is 2.37. The van der Waals surface area contributed by atoms with E-state index in [1.54, 1.807) is 0 Å². The molecule has 0 aromatic heterocycles. The minimum absolute atomic E-state index is 0.144. The smallest absolute Gasteiger partial charge is 0.104 e. The van der Waals surface area contributed by atoms with Crippen LogP contribution in [-0.2, 0) is 0 Å². The van der Waals surface area contributed by atoms with Gasteiger partial charge in [-0.3, -0.25) is 0 Å². The second-order valence-electron chi connectivity index (χ2n) is 2.97. The minimum atomic E-state index is -0.620. The van der Waals surface area contributed by atoms with Crippen molar-refractivity contribution in [2.45, 2.75) is 25.9 Å². The summed E-state index contributed by atoms with van der Waals surface area (Å²) < 4.78 is 12.8. The zero-order valence-corrected chi connectivity index (χ0v) is 5.81. The second-order valence-corrected chi connectivity index (χ2v) is 2.97. The van der Waals surface area contributed by atoms with Gasteiger partial charge < -0.3 is 5.73 Å². The Kier molecular flexibility index (Phi) is 2.06. The molecule has 0 unspecified atom stereocenters. The van der Waals surface area contributed by atoms with Crippen LogP contribution in [0.5, 0.6) is 0 Å². The molecule has 0 aromatic carbocycles. The number of nitrogens with two attached hydrogens (primary N) is 1. The van der Waals surface area contributed by atoms with Gasteiger partial charge >= 0.3 is 0 Å². The second kappa shape index (κ2) is 2.65. The van der Waals surface area contributed by atoms with Crippen molar-refractivity contribution in [2.75, 3.05) is 6.54 Å². The topological polar surface area (TPSA) is 26.0 Å². The molecule has 0 aromatic rings. The molecule has 0 heterocycles. The van der Waals surface area contributed by atoms with Gasteiger partial charge in [0.05, 0.1) is 0 Å². The molecule has 0 radical (unpaired) electrons. The molecular weight excluding hydrogens is 117 g/mol. The Balaban J connectivity index is 2.44. The summed E-state index contributed by atoms with van der Waals surface area (Å²) in [6.45, 7) is 2.60. The molecule has 1 aliphatic carbocycles. The molecule has 54 valence electrons. The van der Waals surface area contributed by atoms with Crippen molar-refractivity contribution in [3.63, 3.8) is 0 Å². The molecule has 1 rings (SSSR count). The maximum Gasteiger partial charge on any atom is 0.104 e. The van der Waals surface area contributed by atoms with Crippen LogP contribution in [0.1, 0.15) is 19.8 Å². The first-order valence-electron chi connectivity index (χ1n) is 3.60.